The minimum atomic E-state index is -0.604. The molecule has 5 aliphatic rings. The van der Waals surface area contributed by atoms with Crippen LogP contribution in [-0.2, 0) is 33.3 Å². The van der Waals surface area contributed by atoms with Gasteiger partial charge < -0.3 is 23.7 Å². The lowest BCUT2D eigenvalue weighted by atomic mass is 9.46. The maximum Gasteiger partial charge on any atom is 0.302 e. The topological polar surface area (TPSA) is 80.3 Å². The highest BCUT2D eigenvalue weighted by molar-refractivity contribution is 5.67. The van der Waals surface area contributed by atoms with Gasteiger partial charge in [-0.3, -0.25) is 9.59 Å². The summed E-state index contributed by atoms with van der Waals surface area (Å²) < 4.78 is 29.8. The lowest BCUT2D eigenvalue weighted by molar-refractivity contribution is -0.199. The molecule has 3 saturated carbocycles. The van der Waals surface area contributed by atoms with E-state index in [9.17, 15) is 9.59 Å². The predicted molar refractivity (Wildman–Crippen MR) is 168 cm³/mol. The van der Waals surface area contributed by atoms with Crippen molar-refractivity contribution in [3.8, 4) is 11.8 Å². The number of carbonyl (C=O) groups excluding carboxylic acids is 2. The van der Waals surface area contributed by atoms with Crippen molar-refractivity contribution in [2.45, 2.75) is 143 Å². The molecule has 1 saturated heterocycles. The molecule has 2 unspecified atom stereocenters. The Labute approximate surface area is 265 Å². The molecular formula is C37H56O7. The Balaban J connectivity index is 1.33. The minimum absolute atomic E-state index is 0.163. The van der Waals surface area contributed by atoms with Crippen LogP contribution < -0.4 is 0 Å². The molecule has 1 aliphatic heterocycles. The SMILES string of the molecule is CO[C@@H](C#CC(C)(C)OC1CCCCO1)[C@@H](C)[C@H]1CC[C@H]2[C@@H]3CC=C4CC(OC(C)=O)C[C@H](OC(C)=O)[C@]4(C)[C@H]3CC[C@]12C. The Morgan fingerprint density at radius 2 is 1.80 bits per heavy atom. The maximum atomic E-state index is 12.3. The largest absolute Gasteiger partial charge is 0.462 e. The summed E-state index contributed by atoms with van der Waals surface area (Å²) in [6, 6.07) is 0. The van der Waals surface area contributed by atoms with E-state index in [1.54, 1.807) is 7.11 Å². The van der Waals surface area contributed by atoms with Gasteiger partial charge >= 0.3 is 11.9 Å². The average Bonchev–Trinajstić information content (AvgIpc) is 3.31. The first-order chi connectivity index (χ1) is 20.8. The third-order valence-electron chi connectivity index (χ3n) is 12.3. The summed E-state index contributed by atoms with van der Waals surface area (Å²) in [7, 11) is 1.79. The minimum Gasteiger partial charge on any atom is -0.462 e. The molecule has 246 valence electrons. The number of allylic oxidation sites excluding steroid dienone is 1. The number of fused-ring (bicyclic) bond motifs is 5. The molecular weight excluding hydrogens is 556 g/mol. The maximum absolute atomic E-state index is 12.3. The zero-order chi connectivity index (χ0) is 31.9. The van der Waals surface area contributed by atoms with Crippen LogP contribution in [0.2, 0.25) is 0 Å². The number of ether oxygens (including phenoxy) is 5. The molecule has 0 aromatic rings. The summed E-state index contributed by atoms with van der Waals surface area (Å²) in [6.07, 6.45) is 11.7. The Morgan fingerprint density at radius 3 is 2.45 bits per heavy atom. The average molecular weight is 613 g/mol. The molecule has 0 amide bonds. The van der Waals surface area contributed by atoms with Gasteiger partial charge in [0.2, 0.25) is 0 Å². The van der Waals surface area contributed by atoms with Gasteiger partial charge in [0.05, 0.1) is 0 Å². The molecule has 1 heterocycles. The molecule has 7 nitrogen and oxygen atoms in total. The summed E-state index contributed by atoms with van der Waals surface area (Å²) in [6.45, 7) is 14.9. The van der Waals surface area contributed by atoms with E-state index in [-0.39, 0.29) is 47.4 Å². The Bertz CT molecular complexity index is 1160. The van der Waals surface area contributed by atoms with E-state index in [0.29, 0.717) is 36.0 Å². The fourth-order valence-electron chi connectivity index (χ4n) is 10.3. The van der Waals surface area contributed by atoms with E-state index < -0.39 is 5.60 Å². The van der Waals surface area contributed by atoms with E-state index in [4.69, 9.17) is 23.7 Å². The summed E-state index contributed by atoms with van der Waals surface area (Å²) in [5.74, 6) is 8.74. The molecule has 4 fully saturated rings. The van der Waals surface area contributed by atoms with Gasteiger partial charge in [0.15, 0.2) is 6.29 Å². The lowest BCUT2D eigenvalue weighted by Gasteiger charge is -2.60. The van der Waals surface area contributed by atoms with E-state index in [2.05, 4.69) is 38.7 Å². The summed E-state index contributed by atoms with van der Waals surface area (Å²) >= 11 is 0. The third-order valence-corrected chi connectivity index (χ3v) is 12.3. The van der Waals surface area contributed by atoms with Crippen molar-refractivity contribution < 1.29 is 33.3 Å². The molecule has 4 aliphatic carbocycles. The molecule has 7 heteroatoms. The number of hydrogen-bond donors (Lipinski definition) is 0. The number of carbonyl (C=O) groups is 2. The van der Waals surface area contributed by atoms with E-state index in [1.165, 1.54) is 32.3 Å². The van der Waals surface area contributed by atoms with Gasteiger partial charge in [0, 0.05) is 45.8 Å². The molecule has 5 rings (SSSR count). The van der Waals surface area contributed by atoms with Gasteiger partial charge in [-0.25, -0.2) is 0 Å². The Hall–Kier alpha value is -1.88. The van der Waals surface area contributed by atoms with Gasteiger partial charge in [-0.1, -0.05) is 44.3 Å². The van der Waals surface area contributed by atoms with Crippen molar-refractivity contribution in [2.24, 2.45) is 40.4 Å². The molecule has 44 heavy (non-hydrogen) atoms. The van der Waals surface area contributed by atoms with Gasteiger partial charge in [0.25, 0.3) is 0 Å². The zero-order valence-electron chi connectivity index (χ0n) is 28.4. The Kier molecular flexibility index (Phi) is 9.96. The molecule has 0 N–H and O–H groups in total. The Morgan fingerprint density at radius 1 is 1.05 bits per heavy atom. The second-order valence-electron chi connectivity index (χ2n) is 15.3. The fraction of sp³-hybridized carbons (Fsp3) is 0.838. The third kappa shape index (κ3) is 6.51. The summed E-state index contributed by atoms with van der Waals surface area (Å²) in [4.78, 5) is 24.1. The smallest absolute Gasteiger partial charge is 0.302 e. The first-order valence-electron chi connectivity index (χ1n) is 17.2. The van der Waals surface area contributed by atoms with Crippen LogP contribution in [0.3, 0.4) is 0 Å². The highest BCUT2D eigenvalue weighted by Crippen LogP contribution is 2.67. The first-order valence-corrected chi connectivity index (χ1v) is 17.2. The lowest BCUT2D eigenvalue weighted by Crippen LogP contribution is -2.57. The van der Waals surface area contributed by atoms with E-state index in [1.807, 2.05) is 13.8 Å². The molecule has 0 bridgehead atoms. The van der Waals surface area contributed by atoms with Gasteiger partial charge in [-0.2, -0.15) is 0 Å². The van der Waals surface area contributed by atoms with Crippen LogP contribution >= 0.6 is 0 Å². The molecule has 11 atom stereocenters. The highest BCUT2D eigenvalue weighted by atomic mass is 16.7. The van der Waals surface area contributed by atoms with Crippen LogP contribution in [0.1, 0.15) is 113 Å². The zero-order valence-corrected chi connectivity index (χ0v) is 28.4. The van der Waals surface area contributed by atoms with Crippen molar-refractivity contribution in [3.05, 3.63) is 11.6 Å². The van der Waals surface area contributed by atoms with Crippen LogP contribution in [0.25, 0.3) is 0 Å². The van der Waals surface area contributed by atoms with Crippen LogP contribution in [0.5, 0.6) is 0 Å². The molecule has 0 aromatic carbocycles. The van der Waals surface area contributed by atoms with E-state index >= 15 is 0 Å². The summed E-state index contributed by atoms with van der Waals surface area (Å²) in [5.41, 5.74) is 0.680. The molecule has 0 aromatic heterocycles. The second kappa shape index (κ2) is 13.1. The normalized spacial score (nSPS) is 39.7. The molecule has 0 radical (unpaired) electrons. The second-order valence-corrected chi connectivity index (χ2v) is 15.3. The van der Waals surface area contributed by atoms with Crippen molar-refractivity contribution in [1.29, 1.82) is 0 Å². The number of esters is 2. The van der Waals surface area contributed by atoms with Crippen LogP contribution in [0.15, 0.2) is 11.6 Å². The standard InChI is InChI=1S/C37H56O7/c1-23(32(40-8)17-18-35(4,5)44-34-11-9-10-20-41-34)29-14-15-30-28-13-12-26-21-27(42-24(2)38)22-33(43-25(3)39)37(26,7)31(28)16-19-36(29,30)6/h12,23,27-34H,9-11,13-16,19-22H2,1-8H3/t23-,27?,28-,29+,30-,31-,32-,33-,34?,36+,37-/m0/s1. The van der Waals surface area contributed by atoms with Crippen molar-refractivity contribution in [1.82, 2.24) is 0 Å². The quantitative estimate of drug-likeness (QED) is 0.174. The van der Waals surface area contributed by atoms with Crippen molar-refractivity contribution in [3.63, 3.8) is 0 Å². The van der Waals surface area contributed by atoms with Crippen LogP contribution in [0, 0.1) is 52.3 Å². The number of hydrogen-bond acceptors (Lipinski definition) is 7. The van der Waals surface area contributed by atoms with Crippen LogP contribution in [-0.4, -0.2) is 55.9 Å². The highest BCUT2D eigenvalue weighted by Gasteiger charge is 2.62. The van der Waals surface area contributed by atoms with Crippen LogP contribution in [0.4, 0.5) is 0 Å². The van der Waals surface area contributed by atoms with Crippen molar-refractivity contribution in [2.75, 3.05) is 13.7 Å². The van der Waals surface area contributed by atoms with Crippen molar-refractivity contribution >= 4 is 11.9 Å². The van der Waals surface area contributed by atoms with Gasteiger partial charge in [0.1, 0.15) is 23.9 Å². The number of methoxy groups -OCH3 is 1. The predicted octanol–water partition coefficient (Wildman–Crippen LogP) is 7.02. The van der Waals surface area contributed by atoms with E-state index in [0.717, 1.165) is 51.6 Å². The first kappa shape index (κ1) is 33.5. The molecule has 0 spiro atoms. The van der Waals surface area contributed by atoms with Gasteiger partial charge in [-0.05, 0) is 100 Å². The monoisotopic (exact) mass is 612 g/mol. The number of rotatable bonds is 7. The van der Waals surface area contributed by atoms with Gasteiger partial charge in [-0.15, -0.1) is 0 Å². The summed E-state index contributed by atoms with van der Waals surface area (Å²) in [5, 5.41) is 0. The fourth-order valence-corrected chi connectivity index (χ4v) is 10.3.